The van der Waals surface area contributed by atoms with Gasteiger partial charge in [-0.25, -0.2) is 8.42 Å². The van der Waals surface area contributed by atoms with Gasteiger partial charge in [0.25, 0.3) is 0 Å². The summed E-state index contributed by atoms with van der Waals surface area (Å²) in [5, 5.41) is 0. The van der Waals surface area contributed by atoms with Crippen molar-refractivity contribution in [1.29, 1.82) is 0 Å². The maximum atomic E-state index is 10.6. The van der Waals surface area contributed by atoms with Crippen LogP contribution in [0.2, 0.25) is 0 Å². The van der Waals surface area contributed by atoms with E-state index in [1.807, 2.05) is 0 Å². The van der Waals surface area contributed by atoms with Gasteiger partial charge in [0, 0.05) is 10.7 Å². The van der Waals surface area contributed by atoms with E-state index >= 15 is 0 Å². The van der Waals surface area contributed by atoms with Gasteiger partial charge in [-0.05, 0) is 18.8 Å². The Bertz CT molecular complexity index is 263. The Balaban J connectivity index is 2.18. The third-order valence-electron chi connectivity index (χ3n) is 2.57. The maximum Gasteiger partial charge on any atom is 0.234 e. The highest BCUT2D eigenvalue weighted by Crippen LogP contribution is 2.25. The fraction of sp³-hybridized carbons (Fsp3) is 1.00. The second-order valence-corrected chi connectivity index (χ2v) is 6.90. The third kappa shape index (κ3) is 5.17. The fourth-order valence-corrected chi connectivity index (χ4v) is 2.33. The first-order valence-corrected chi connectivity index (χ1v) is 7.49. The molecule has 0 aliphatic heterocycles. The SMILES string of the molecule is CC1CCCC(OCCS(=O)(=O)Cl)C1. The molecule has 0 N–H and O–H groups in total. The molecule has 0 radical (unpaired) electrons. The zero-order valence-electron chi connectivity index (χ0n) is 8.41. The number of hydrogen-bond donors (Lipinski definition) is 0. The average Bonchev–Trinajstić information content (AvgIpc) is 2.01. The largest absolute Gasteiger partial charge is 0.377 e. The molecular formula is C9H17ClO3S. The monoisotopic (exact) mass is 240 g/mol. The Hall–Kier alpha value is 0.200. The van der Waals surface area contributed by atoms with E-state index in [0.29, 0.717) is 5.92 Å². The molecule has 2 atom stereocenters. The van der Waals surface area contributed by atoms with Crippen LogP contribution in [0, 0.1) is 5.92 Å². The Kier molecular flexibility index (Phi) is 4.67. The lowest BCUT2D eigenvalue weighted by atomic mass is 9.89. The Morgan fingerprint density at radius 3 is 2.71 bits per heavy atom. The van der Waals surface area contributed by atoms with Crippen LogP contribution in [0.15, 0.2) is 0 Å². The number of rotatable bonds is 4. The van der Waals surface area contributed by atoms with Crippen LogP contribution in [-0.2, 0) is 13.8 Å². The smallest absolute Gasteiger partial charge is 0.234 e. The van der Waals surface area contributed by atoms with Gasteiger partial charge in [-0.2, -0.15) is 0 Å². The van der Waals surface area contributed by atoms with Crippen LogP contribution in [0.25, 0.3) is 0 Å². The first-order chi connectivity index (χ1) is 6.47. The van der Waals surface area contributed by atoms with Crippen molar-refractivity contribution in [1.82, 2.24) is 0 Å². The molecule has 14 heavy (non-hydrogen) atoms. The summed E-state index contributed by atoms with van der Waals surface area (Å²) in [4.78, 5) is 0. The fourth-order valence-electron chi connectivity index (χ4n) is 1.84. The Labute approximate surface area is 90.2 Å². The van der Waals surface area contributed by atoms with Crippen LogP contribution in [-0.4, -0.2) is 26.9 Å². The zero-order chi connectivity index (χ0) is 10.6. The predicted molar refractivity (Wildman–Crippen MR) is 57.0 cm³/mol. The van der Waals surface area contributed by atoms with Crippen molar-refractivity contribution in [3.05, 3.63) is 0 Å². The second-order valence-electron chi connectivity index (χ2n) is 4.01. The lowest BCUT2D eigenvalue weighted by Crippen LogP contribution is -2.23. The van der Waals surface area contributed by atoms with Crippen molar-refractivity contribution >= 4 is 19.7 Å². The summed E-state index contributed by atoms with van der Waals surface area (Å²) in [6, 6.07) is 0. The second kappa shape index (κ2) is 5.33. The normalized spacial score (nSPS) is 29.0. The van der Waals surface area contributed by atoms with E-state index in [1.54, 1.807) is 0 Å². The van der Waals surface area contributed by atoms with Crippen molar-refractivity contribution < 1.29 is 13.2 Å². The molecule has 1 aliphatic carbocycles. The van der Waals surface area contributed by atoms with Gasteiger partial charge in [0.15, 0.2) is 0 Å². The minimum Gasteiger partial charge on any atom is -0.377 e. The Morgan fingerprint density at radius 2 is 2.14 bits per heavy atom. The molecule has 0 bridgehead atoms. The van der Waals surface area contributed by atoms with Crippen LogP contribution >= 0.6 is 10.7 Å². The van der Waals surface area contributed by atoms with Gasteiger partial charge in [0.2, 0.25) is 9.05 Å². The molecule has 0 amide bonds. The molecule has 1 fully saturated rings. The summed E-state index contributed by atoms with van der Waals surface area (Å²) in [5.41, 5.74) is 0. The molecule has 0 spiro atoms. The highest BCUT2D eigenvalue weighted by atomic mass is 35.7. The van der Waals surface area contributed by atoms with Crippen LogP contribution in [0.3, 0.4) is 0 Å². The average molecular weight is 241 g/mol. The van der Waals surface area contributed by atoms with Crippen molar-refractivity contribution in [3.8, 4) is 0 Å². The maximum absolute atomic E-state index is 10.6. The highest BCUT2D eigenvalue weighted by Gasteiger charge is 2.19. The summed E-state index contributed by atoms with van der Waals surface area (Å²) in [6.07, 6.45) is 4.76. The van der Waals surface area contributed by atoms with Gasteiger partial charge in [0.05, 0.1) is 18.5 Å². The summed E-state index contributed by atoms with van der Waals surface area (Å²) < 4.78 is 26.7. The third-order valence-corrected chi connectivity index (χ3v) is 3.69. The van der Waals surface area contributed by atoms with Crippen molar-refractivity contribution in [2.24, 2.45) is 5.92 Å². The summed E-state index contributed by atoms with van der Waals surface area (Å²) in [5.74, 6) is 0.612. The highest BCUT2D eigenvalue weighted by molar-refractivity contribution is 8.13. The molecule has 0 aromatic carbocycles. The first kappa shape index (κ1) is 12.3. The predicted octanol–water partition coefficient (Wildman–Crippen LogP) is 2.15. The van der Waals surface area contributed by atoms with Crippen LogP contribution in [0.4, 0.5) is 0 Å². The van der Waals surface area contributed by atoms with Gasteiger partial charge in [0.1, 0.15) is 0 Å². The molecule has 0 aromatic rings. The van der Waals surface area contributed by atoms with Crippen molar-refractivity contribution in [2.45, 2.75) is 38.7 Å². The lowest BCUT2D eigenvalue weighted by molar-refractivity contribution is 0.0243. The minimum atomic E-state index is -3.39. The van der Waals surface area contributed by atoms with E-state index in [1.165, 1.54) is 12.8 Å². The molecule has 3 nitrogen and oxygen atoms in total. The molecule has 0 heterocycles. The molecule has 1 saturated carbocycles. The minimum absolute atomic E-state index is 0.0839. The Morgan fingerprint density at radius 1 is 1.43 bits per heavy atom. The van der Waals surface area contributed by atoms with Crippen LogP contribution in [0.1, 0.15) is 32.6 Å². The van der Waals surface area contributed by atoms with E-state index in [0.717, 1.165) is 12.8 Å². The quantitative estimate of drug-likeness (QED) is 0.708. The van der Waals surface area contributed by atoms with E-state index in [4.69, 9.17) is 15.4 Å². The molecule has 84 valence electrons. The zero-order valence-corrected chi connectivity index (χ0v) is 9.98. The molecule has 5 heteroatoms. The summed E-state index contributed by atoms with van der Waals surface area (Å²) in [7, 11) is 1.68. The number of hydrogen-bond acceptors (Lipinski definition) is 3. The van der Waals surface area contributed by atoms with Gasteiger partial charge < -0.3 is 4.74 Å². The lowest BCUT2D eigenvalue weighted by Gasteiger charge is -2.26. The summed E-state index contributed by atoms with van der Waals surface area (Å²) in [6.45, 7) is 2.43. The van der Waals surface area contributed by atoms with Gasteiger partial charge in [-0.3, -0.25) is 0 Å². The first-order valence-electron chi connectivity index (χ1n) is 5.01. The molecule has 2 unspecified atom stereocenters. The van der Waals surface area contributed by atoms with Crippen molar-refractivity contribution in [2.75, 3.05) is 12.4 Å². The molecule has 0 aromatic heterocycles. The van der Waals surface area contributed by atoms with E-state index in [2.05, 4.69) is 6.92 Å². The van der Waals surface area contributed by atoms with E-state index < -0.39 is 9.05 Å². The molecule has 0 saturated heterocycles. The number of ether oxygens (including phenoxy) is 1. The van der Waals surface area contributed by atoms with Gasteiger partial charge in [-0.1, -0.05) is 19.8 Å². The van der Waals surface area contributed by atoms with Crippen LogP contribution < -0.4 is 0 Å². The van der Waals surface area contributed by atoms with Crippen molar-refractivity contribution in [3.63, 3.8) is 0 Å². The van der Waals surface area contributed by atoms with E-state index in [9.17, 15) is 8.42 Å². The molecular weight excluding hydrogens is 224 g/mol. The molecule has 1 rings (SSSR count). The standard InChI is InChI=1S/C9H17ClO3S/c1-8-3-2-4-9(7-8)13-5-6-14(10,11)12/h8-9H,2-7H2,1H3. The number of halogens is 1. The van der Waals surface area contributed by atoms with Gasteiger partial charge in [-0.15, -0.1) is 0 Å². The van der Waals surface area contributed by atoms with Gasteiger partial charge >= 0.3 is 0 Å². The van der Waals surface area contributed by atoms with Crippen LogP contribution in [0.5, 0.6) is 0 Å². The topological polar surface area (TPSA) is 43.4 Å². The molecule has 1 aliphatic rings. The summed E-state index contributed by atoms with van der Waals surface area (Å²) >= 11 is 0. The van der Waals surface area contributed by atoms with E-state index in [-0.39, 0.29) is 18.5 Å².